The standard InChI is InChI=1S/C29H31ClN4O5/c1-38-26-8-3-2-6-19(26)14-27(35)34-13-5-4-7-20-16-33(17-25(20)34)29-31-15-23(28(36)37)24(32-29)18-39-22-11-9-21(30)10-12-22/h2-3,6,8-12,15,20,25H,4-5,7,13-14,16-18H2,1H3,(H,36,37). The summed E-state index contributed by atoms with van der Waals surface area (Å²) in [5, 5.41) is 10.3. The van der Waals surface area contributed by atoms with E-state index in [0.29, 0.717) is 47.8 Å². The van der Waals surface area contributed by atoms with Crippen LogP contribution in [0.4, 0.5) is 5.95 Å². The maximum atomic E-state index is 13.5. The van der Waals surface area contributed by atoms with E-state index < -0.39 is 5.97 Å². The van der Waals surface area contributed by atoms with Crippen LogP contribution in [0.15, 0.2) is 54.7 Å². The Morgan fingerprint density at radius 1 is 1.10 bits per heavy atom. The van der Waals surface area contributed by atoms with Crippen LogP contribution in [0, 0.1) is 5.92 Å². The van der Waals surface area contributed by atoms with Gasteiger partial charge in [0.2, 0.25) is 11.9 Å². The number of carboxylic acid groups (broad SMARTS) is 1. The normalized spacial score (nSPS) is 18.8. The lowest BCUT2D eigenvalue weighted by Crippen LogP contribution is -2.45. The van der Waals surface area contributed by atoms with E-state index in [1.165, 1.54) is 6.20 Å². The van der Waals surface area contributed by atoms with Crippen molar-refractivity contribution in [2.75, 3.05) is 31.6 Å². The quantitative estimate of drug-likeness (QED) is 0.438. The summed E-state index contributed by atoms with van der Waals surface area (Å²) in [5.41, 5.74) is 1.16. The first kappa shape index (κ1) is 26.7. The number of halogens is 1. The van der Waals surface area contributed by atoms with Crippen molar-refractivity contribution in [2.24, 2.45) is 5.92 Å². The summed E-state index contributed by atoms with van der Waals surface area (Å²) in [7, 11) is 1.62. The number of hydrogen-bond donors (Lipinski definition) is 1. The Labute approximate surface area is 232 Å². The Morgan fingerprint density at radius 3 is 2.67 bits per heavy atom. The maximum Gasteiger partial charge on any atom is 0.339 e. The van der Waals surface area contributed by atoms with Crippen molar-refractivity contribution in [3.8, 4) is 11.5 Å². The van der Waals surface area contributed by atoms with Gasteiger partial charge in [-0.05, 0) is 49.1 Å². The maximum absolute atomic E-state index is 13.5. The van der Waals surface area contributed by atoms with E-state index >= 15 is 0 Å². The van der Waals surface area contributed by atoms with Gasteiger partial charge in [-0.2, -0.15) is 0 Å². The Balaban J connectivity index is 1.34. The highest BCUT2D eigenvalue weighted by Crippen LogP contribution is 2.33. The van der Waals surface area contributed by atoms with Crippen LogP contribution < -0.4 is 14.4 Å². The molecule has 0 radical (unpaired) electrons. The molecule has 1 amide bonds. The Bertz CT molecular complexity index is 1340. The summed E-state index contributed by atoms with van der Waals surface area (Å²) in [5.74, 6) is 0.966. The van der Waals surface area contributed by atoms with Gasteiger partial charge >= 0.3 is 5.97 Å². The lowest BCUT2D eigenvalue weighted by molar-refractivity contribution is -0.132. The first-order valence-corrected chi connectivity index (χ1v) is 13.4. The number of fused-ring (bicyclic) bond motifs is 1. The second kappa shape index (κ2) is 11.9. The van der Waals surface area contributed by atoms with Gasteiger partial charge in [0.1, 0.15) is 23.7 Å². The molecule has 0 saturated carbocycles. The highest BCUT2D eigenvalue weighted by molar-refractivity contribution is 6.30. The van der Waals surface area contributed by atoms with E-state index in [1.54, 1.807) is 31.4 Å². The highest BCUT2D eigenvalue weighted by Gasteiger charge is 2.40. The topological polar surface area (TPSA) is 105 Å². The number of carbonyl (C=O) groups is 2. The van der Waals surface area contributed by atoms with Crippen LogP contribution in [0.3, 0.4) is 0 Å². The number of aromatic nitrogens is 2. The number of aromatic carboxylic acids is 1. The summed E-state index contributed by atoms with van der Waals surface area (Å²) in [4.78, 5) is 38.4. The molecular weight excluding hydrogens is 520 g/mol. The highest BCUT2D eigenvalue weighted by atomic mass is 35.5. The van der Waals surface area contributed by atoms with Gasteiger partial charge in [0, 0.05) is 36.4 Å². The number of rotatable bonds is 8. The van der Waals surface area contributed by atoms with Crippen molar-refractivity contribution < 1.29 is 24.2 Å². The molecule has 2 aliphatic rings. The largest absolute Gasteiger partial charge is 0.496 e. The smallest absolute Gasteiger partial charge is 0.339 e. The fourth-order valence-electron chi connectivity index (χ4n) is 5.46. The summed E-state index contributed by atoms with van der Waals surface area (Å²) in [6.07, 6.45) is 4.65. The van der Waals surface area contributed by atoms with E-state index in [1.807, 2.05) is 29.2 Å². The van der Waals surface area contributed by atoms with E-state index in [4.69, 9.17) is 21.1 Å². The second-order valence-electron chi connectivity index (χ2n) is 9.88. The van der Waals surface area contributed by atoms with Crippen molar-refractivity contribution in [1.29, 1.82) is 0 Å². The molecule has 3 aromatic rings. The van der Waals surface area contributed by atoms with Crippen LogP contribution in [-0.2, 0) is 17.8 Å². The minimum atomic E-state index is -1.11. The van der Waals surface area contributed by atoms with E-state index in [0.717, 1.165) is 24.8 Å². The number of hydrogen-bond acceptors (Lipinski definition) is 7. The molecule has 204 valence electrons. The summed E-state index contributed by atoms with van der Waals surface area (Å²) < 4.78 is 11.3. The lowest BCUT2D eigenvalue weighted by Gasteiger charge is -2.30. The minimum Gasteiger partial charge on any atom is -0.496 e. The average Bonchev–Trinajstić information content (AvgIpc) is 3.26. The number of benzene rings is 2. The van der Waals surface area contributed by atoms with Gasteiger partial charge in [-0.3, -0.25) is 4.79 Å². The van der Waals surface area contributed by atoms with Gasteiger partial charge in [-0.1, -0.05) is 36.2 Å². The van der Waals surface area contributed by atoms with Crippen LogP contribution in [0.25, 0.3) is 0 Å². The number of likely N-dealkylation sites (tertiary alicyclic amines) is 1. The molecule has 0 spiro atoms. The minimum absolute atomic E-state index is 0.00487. The SMILES string of the molecule is COc1ccccc1CC(=O)N1CCCCC2CN(c3ncc(C(=O)O)c(COc4ccc(Cl)cc4)n3)CC21. The molecule has 0 bridgehead atoms. The number of carboxylic acids is 1. The zero-order valence-corrected chi connectivity index (χ0v) is 22.5. The first-order valence-electron chi connectivity index (χ1n) is 13.1. The van der Waals surface area contributed by atoms with Gasteiger partial charge in [0.15, 0.2) is 0 Å². The third-order valence-corrected chi connectivity index (χ3v) is 7.69. The predicted octanol–water partition coefficient (Wildman–Crippen LogP) is 4.48. The molecule has 10 heteroatoms. The van der Waals surface area contributed by atoms with Crippen molar-refractivity contribution in [1.82, 2.24) is 14.9 Å². The van der Waals surface area contributed by atoms with Crippen molar-refractivity contribution in [3.05, 3.63) is 76.6 Å². The van der Waals surface area contributed by atoms with Gasteiger partial charge < -0.3 is 24.4 Å². The number of amides is 1. The Morgan fingerprint density at radius 2 is 1.90 bits per heavy atom. The molecule has 3 heterocycles. The van der Waals surface area contributed by atoms with Crippen LogP contribution in [0.5, 0.6) is 11.5 Å². The fourth-order valence-corrected chi connectivity index (χ4v) is 5.59. The third-order valence-electron chi connectivity index (χ3n) is 7.44. The number of carbonyl (C=O) groups excluding carboxylic acids is 1. The first-order chi connectivity index (χ1) is 18.9. The molecular formula is C29H31ClN4O5. The molecule has 5 rings (SSSR count). The molecule has 0 aliphatic carbocycles. The molecule has 2 aromatic carbocycles. The second-order valence-corrected chi connectivity index (χ2v) is 10.3. The molecule has 39 heavy (non-hydrogen) atoms. The number of para-hydroxylation sites is 1. The molecule has 2 saturated heterocycles. The Kier molecular flexibility index (Phi) is 8.16. The van der Waals surface area contributed by atoms with Gasteiger partial charge in [-0.15, -0.1) is 0 Å². The molecule has 9 nitrogen and oxygen atoms in total. The average molecular weight is 551 g/mol. The van der Waals surface area contributed by atoms with E-state index in [9.17, 15) is 14.7 Å². The van der Waals surface area contributed by atoms with Crippen LogP contribution in [-0.4, -0.2) is 64.6 Å². The summed E-state index contributed by atoms with van der Waals surface area (Å²) in [6.45, 7) is 1.98. The van der Waals surface area contributed by atoms with Crippen LogP contribution in [0.1, 0.15) is 40.9 Å². The summed E-state index contributed by atoms with van der Waals surface area (Å²) in [6, 6.07) is 14.5. The molecule has 2 atom stereocenters. The Hall–Kier alpha value is -3.85. The van der Waals surface area contributed by atoms with Crippen LogP contribution in [0.2, 0.25) is 5.02 Å². The van der Waals surface area contributed by atoms with Gasteiger partial charge in [0.25, 0.3) is 0 Å². The van der Waals surface area contributed by atoms with Crippen LogP contribution >= 0.6 is 11.6 Å². The molecule has 1 aromatic heterocycles. The molecule has 1 N–H and O–H groups in total. The summed E-state index contributed by atoms with van der Waals surface area (Å²) >= 11 is 5.95. The molecule has 2 aliphatic heterocycles. The van der Waals surface area contributed by atoms with Crippen molar-refractivity contribution in [3.63, 3.8) is 0 Å². The monoisotopic (exact) mass is 550 g/mol. The molecule has 2 fully saturated rings. The zero-order valence-electron chi connectivity index (χ0n) is 21.8. The fraction of sp³-hybridized carbons (Fsp3) is 0.379. The van der Waals surface area contributed by atoms with Gasteiger partial charge in [0.05, 0.1) is 25.3 Å². The lowest BCUT2D eigenvalue weighted by atomic mass is 9.98. The van der Waals surface area contributed by atoms with E-state index in [2.05, 4.69) is 14.9 Å². The third kappa shape index (κ3) is 6.09. The van der Waals surface area contributed by atoms with Crippen molar-refractivity contribution >= 4 is 29.4 Å². The van der Waals surface area contributed by atoms with E-state index in [-0.39, 0.29) is 36.5 Å². The van der Waals surface area contributed by atoms with Gasteiger partial charge in [-0.25, -0.2) is 14.8 Å². The number of methoxy groups -OCH3 is 1. The zero-order chi connectivity index (χ0) is 27.4. The number of ether oxygens (including phenoxy) is 2. The predicted molar refractivity (Wildman–Crippen MR) is 147 cm³/mol. The number of nitrogens with zero attached hydrogens (tertiary/aromatic N) is 4. The molecule has 2 unspecified atom stereocenters. The number of anilines is 1. The van der Waals surface area contributed by atoms with Crippen molar-refractivity contribution in [2.45, 2.75) is 38.3 Å².